The van der Waals surface area contributed by atoms with Crippen LogP contribution in [0, 0.1) is 5.92 Å². The van der Waals surface area contributed by atoms with Gasteiger partial charge in [0.25, 0.3) is 5.95 Å². The van der Waals surface area contributed by atoms with E-state index in [1.54, 1.807) is 6.20 Å². The van der Waals surface area contributed by atoms with Gasteiger partial charge in [0.15, 0.2) is 0 Å². The molecule has 0 radical (unpaired) electrons. The highest BCUT2D eigenvalue weighted by molar-refractivity contribution is 9.10. The lowest BCUT2D eigenvalue weighted by Gasteiger charge is -2.28. The number of hydrogen-bond donors (Lipinski definition) is 1. The largest absolute Gasteiger partial charge is 0.416 e. The molecule has 7 nitrogen and oxygen atoms in total. The number of benzene rings is 1. The second kappa shape index (κ2) is 11.8. The summed E-state index contributed by atoms with van der Waals surface area (Å²) in [6.45, 7) is 0.215. The summed E-state index contributed by atoms with van der Waals surface area (Å²) in [4.78, 5) is 7.38. The predicted octanol–water partition coefficient (Wildman–Crippen LogP) is 6.23. The van der Waals surface area contributed by atoms with Crippen LogP contribution in [0.5, 0.6) is 0 Å². The van der Waals surface area contributed by atoms with Crippen LogP contribution in [0.1, 0.15) is 66.0 Å². The summed E-state index contributed by atoms with van der Waals surface area (Å²) >= 11 is 3.44. The van der Waals surface area contributed by atoms with Crippen molar-refractivity contribution in [3.63, 3.8) is 0 Å². The summed E-state index contributed by atoms with van der Waals surface area (Å²) < 4.78 is 81.7. The monoisotopic (exact) mass is 619 g/mol. The number of aromatic nitrogens is 5. The Morgan fingerprint density at radius 1 is 1.03 bits per heavy atom. The average molecular weight is 620 g/mol. The molecule has 3 aromatic rings. The van der Waals surface area contributed by atoms with Crippen LogP contribution in [0.4, 0.5) is 32.3 Å². The lowest BCUT2D eigenvalue weighted by atomic mass is 9.83. The Bertz CT molecular complexity index is 1240. The standard InChI is InChI=1S/C25H28BrF6N7/c1-38-36-23(35-37-38)39(13-15-8-18(24(27,28)29)11-19(9-15)25(30,31)32)14-17-10-20(26)12-34-22(17)21(6-7-33)16-4-2-3-5-16/h8-12,16,21H,2-7,13-14,33H2,1H3. The molecule has 1 saturated carbocycles. The van der Waals surface area contributed by atoms with E-state index in [1.807, 2.05) is 6.07 Å². The van der Waals surface area contributed by atoms with E-state index < -0.39 is 23.5 Å². The first kappa shape index (κ1) is 29.2. The number of tetrazole rings is 1. The Morgan fingerprint density at radius 2 is 1.67 bits per heavy atom. The molecule has 1 aliphatic rings. The quantitative estimate of drug-likeness (QED) is 0.286. The predicted molar refractivity (Wildman–Crippen MR) is 135 cm³/mol. The molecule has 0 saturated heterocycles. The van der Waals surface area contributed by atoms with Crippen LogP contribution in [0.15, 0.2) is 34.9 Å². The van der Waals surface area contributed by atoms with Gasteiger partial charge in [0.1, 0.15) is 0 Å². The summed E-state index contributed by atoms with van der Waals surface area (Å²) in [6, 6.07) is 3.41. The zero-order valence-electron chi connectivity index (χ0n) is 21.1. The fourth-order valence-electron chi connectivity index (χ4n) is 5.22. The Balaban J connectivity index is 1.76. The summed E-state index contributed by atoms with van der Waals surface area (Å²) in [5.41, 5.74) is 4.56. The van der Waals surface area contributed by atoms with Gasteiger partial charge in [0.05, 0.1) is 18.2 Å². The van der Waals surface area contributed by atoms with E-state index in [-0.39, 0.29) is 36.6 Å². The van der Waals surface area contributed by atoms with Gasteiger partial charge in [0, 0.05) is 35.4 Å². The lowest BCUT2D eigenvalue weighted by molar-refractivity contribution is -0.143. The highest BCUT2D eigenvalue weighted by Crippen LogP contribution is 2.41. The number of rotatable bonds is 9. The highest BCUT2D eigenvalue weighted by Gasteiger charge is 2.37. The first-order valence-corrected chi connectivity index (χ1v) is 13.3. The molecule has 2 N–H and O–H groups in total. The number of anilines is 1. The number of pyridine rings is 1. The van der Waals surface area contributed by atoms with Gasteiger partial charge in [-0.25, -0.2) is 0 Å². The Morgan fingerprint density at radius 3 is 2.21 bits per heavy atom. The van der Waals surface area contributed by atoms with Crippen LogP contribution in [0.25, 0.3) is 0 Å². The van der Waals surface area contributed by atoms with Crippen molar-refractivity contribution in [1.82, 2.24) is 25.2 Å². The number of hydrogen-bond acceptors (Lipinski definition) is 6. The Kier molecular flexibility index (Phi) is 8.84. The Hall–Kier alpha value is -2.74. The molecule has 4 rings (SSSR count). The minimum Gasteiger partial charge on any atom is -0.330 e. The molecule has 212 valence electrons. The maximum Gasteiger partial charge on any atom is 0.416 e. The Labute approximate surface area is 229 Å². The van der Waals surface area contributed by atoms with E-state index in [4.69, 9.17) is 10.7 Å². The number of nitrogens with two attached hydrogens (primary N) is 1. The molecule has 39 heavy (non-hydrogen) atoms. The second-order valence-corrected chi connectivity index (χ2v) is 10.7. The van der Waals surface area contributed by atoms with Crippen molar-refractivity contribution in [2.45, 2.75) is 63.5 Å². The molecule has 2 aromatic heterocycles. The topological polar surface area (TPSA) is 85.8 Å². The number of aryl methyl sites for hydroxylation is 1. The van der Waals surface area contributed by atoms with Crippen molar-refractivity contribution in [3.05, 3.63) is 62.9 Å². The van der Waals surface area contributed by atoms with E-state index >= 15 is 0 Å². The van der Waals surface area contributed by atoms with Gasteiger partial charge >= 0.3 is 12.4 Å². The van der Waals surface area contributed by atoms with E-state index in [0.717, 1.165) is 36.9 Å². The first-order valence-electron chi connectivity index (χ1n) is 12.5. The molecule has 1 aromatic carbocycles. The highest BCUT2D eigenvalue weighted by atomic mass is 79.9. The number of nitrogens with zero attached hydrogens (tertiary/aromatic N) is 6. The lowest BCUT2D eigenvalue weighted by Crippen LogP contribution is -2.26. The normalized spacial score (nSPS) is 15.6. The van der Waals surface area contributed by atoms with Gasteiger partial charge in [-0.2, -0.15) is 31.1 Å². The molecule has 1 fully saturated rings. The zero-order chi connectivity index (χ0) is 28.4. The number of alkyl halides is 6. The van der Waals surface area contributed by atoms with Gasteiger partial charge in [0.2, 0.25) is 0 Å². The third-order valence-corrected chi connectivity index (χ3v) is 7.36. The SMILES string of the molecule is Cn1nnc(N(Cc2cc(C(F)(F)F)cc(C(F)(F)F)c2)Cc2cc(Br)cnc2C(CCN)C2CCCC2)n1. The molecule has 0 amide bonds. The molecular weight excluding hydrogens is 592 g/mol. The summed E-state index contributed by atoms with van der Waals surface area (Å²) in [7, 11) is 1.52. The van der Waals surface area contributed by atoms with E-state index in [1.165, 1.54) is 16.7 Å². The molecule has 0 aliphatic heterocycles. The molecule has 0 bridgehead atoms. The fraction of sp³-hybridized carbons (Fsp3) is 0.520. The minimum atomic E-state index is -4.95. The van der Waals surface area contributed by atoms with Crippen LogP contribution in [-0.2, 0) is 32.5 Å². The van der Waals surface area contributed by atoms with Crippen molar-refractivity contribution >= 4 is 21.9 Å². The van der Waals surface area contributed by atoms with E-state index in [9.17, 15) is 26.3 Å². The average Bonchev–Trinajstić information content (AvgIpc) is 3.53. The maximum atomic E-state index is 13.5. The fourth-order valence-corrected chi connectivity index (χ4v) is 5.60. The summed E-state index contributed by atoms with van der Waals surface area (Å²) in [5.74, 6) is 0.523. The van der Waals surface area contributed by atoms with Gasteiger partial charge in [-0.3, -0.25) is 4.98 Å². The van der Waals surface area contributed by atoms with Crippen LogP contribution >= 0.6 is 15.9 Å². The van der Waals surface area contributed by atoms with Gasteiger partial charge in [-0.15, -0.1) is 5.10 Å². The molecular formula is C25H28BrF6N7. The smallest absolute Gasteiger partial charge is 0.330 e. The summed E-state index contributed by atoms with van der Waals surface area (Å²) in [6.07, 6.45) is -3.20. The van der Waals surface area contributed by atoms with Crippen LogP contribution < -0.4 is 10.6 Å². The van der Waals surface area contributed by atoms with Crippen molar-refractivity contribution < 1.29 is 26.3 Å². The zero-order valence-corrected chi connectivity index (χ0v) is 22.7. The van der Waals surface area contributed by atoms with Gasteiger partial charge < -0.3 is 10.6 Å². The third kappa shape index (κ3) is 7.27. The van der Waals surface area contributed by atoms with Crippen molar-refractivity contribution in [3.8, 4) is 0 Å². The van der Waals surface area contributed by atoms with E-state index in [0.29, 0.717) is 35.5 Å². The first-order chi connectivity index (χ1) is 18.3. The third-order valence-electron chi connectivity index (χ3n) is 6.93. The second-order valence-electron chi connectivity index (χ2n) is 9.78. The van der Waals surface area contributed by atoms with Crippen molar-refractivity contribution in [1.29, 1.82) is 0 Å². The van der Waals surface area contributed by atoms with Crippen LogP contribution in [0.3, 0.4) is 0 Å². The maximum absolute atomic E-state index is 13.5. The van der Waals surface area contributed by atoms with Crippen LogP contribution in [0.2, 0.25) is 0 Å². The molecule has 0 spiro atoms. The van der Waals surface area contributed by atoms with Crippen LogP contribution in [-0.4, -0.2) is 31.7 Å². The summed E-state index contributed by atoms with van der Waals surface area (Å²) in [5, 5.41) is 12.0. The van der Waals surface area contributed by atoms with Gasteiger partial charge in [-0.1, -0.05) is 17.9 Å². The van der Waals surface area contributed by atoms with Crippen molar-refractivity contribution in [2.75, 3.05) is 11.4 Å². The number of halogens is 7. The molecule has 1 aliphatic carbocycles. The molecule has 14 heteroatoms. The van der Waals surface area contributed by atoms with Gasteiger partial charge in [-0.05, 0) is 88.3 Å². The van der Waals surface area contributed by atoms with Crippen molar-refractivity contribution in [2.24, 2.45) is 18.7 Å². The minimum absolute atomic E-state index is 0.0608. The van der Waals surface area contributed by atoms with E-state index in [2.05, 4.69) is 31.3 Å². The molecule has 2 heterocycles. The molecule has 1 atom stereocenters. The molecule has 1 unspecified atom stereocenters.